The highest BCUT2D eigenvalue weighted by Crippen LogP contribution is 2.37. The molecule has 0 radical (unpaired) electrons. The summed E-state index contributed by atoms with van der Waals surface area (Å²) in [5.41, 5.74) is 0.724. The van der Waals surface area contributed by atoms with E-state index in [4.69, 9.17) is 14.5 Å². The van der Waals surface area contributed by atoms with Crippen LogP contribution in [0.1, 0.15) is 29.7 Å². The van der Waals surface area contributed by atoms with Crippen LogP contribution in [-0.4, -0.2) is 46.0 Å². The number of ether oxygens (including phenoxy) is 2. The lowest BCUT2D eigenvalue weighted by Gasteiger charge is -2.31. The fraction of sp³-hybridized carbons (Fsp3) is 0.375. The van der Waals surface area contributed by atoms with Crippen molar-refractivity contribution < 1.29 is 31.1 Å². The molecule has 1 aliphatic heterocycles. The maximum absolute atomic E-state index is 13.4. The van der Waals surface area contributed by atoms with Crippen LogP contribution in [0.5, 0.6) is 11.5 Å². The molecule has 1 aliphatic rings. The first-order valence-electron chi connectivity index (χ1n) is 10.9. The number of sulfone groups is 1. The third kappa shape index (κ3) is 5.56. The van der Waals surface area contributed by atoms with Gasteiger partial charge in [-0.3, -0.25) is 0 Å². The van der Waals surface area contributed by atoms with E-state index in [1.165, 1.54) is 23.5 Å². The van der Waals surface area contributed by atoms with Gasteiger partial charge in [0.2, 0.25) is 0 Å². The minimum atomic E-state index is -4.73. The molecule has 0 atom stereocenters. The highest BCUT2D eigenvalue weighted by molar-refractivity contribution is 7.92. The Morgan fingerprint density at radius 3 is 2.29 bits per heavy atom. The number of anilines is 1. The maximum atomic E-state index is 13.4. The molecule has 4 rings (SSSR count). The van der Waals surface area contributed by atoms with Crippen molar-refractivity contribution in [2.24, 2.45) is 0 Å². The third-order valence-electron chi connectivity index (χ3n) is 5.99. The van der Waals surface area contributed by atoms with E-state index in [2.05, 4.69) is 0 Å². The number of nitrogens with zero attached hydrogens (tertiary/aromatic N) is 2. The smallest absolute Gasteiger partial charge is 0.417 e. The zero-order valence-electron chi connectivity index (χ0n) is 19.2. The van der Waals surface area contributed by atoms with Crippen molar-refractivity contribution in [3.63, 3.8) is 0 Å². The quantitative estimate of drug-likeness (QED) is 0.421. The highest BCUT2D eigenvalue weighted by atomic mass is 32.2. The number of halogens is 3. The topological polar surface area (TPSA) is 68.7 Å². The molecule has 0 bridgehead atoms. The molecule has 2 heterocycles. The molecule has 35 heavy (non-hydrogen) atoms. The number of thiazole rings is 1. The Morgan fingerprint density at radius 2 is 1.69 bits per heavy atom. The molecule has 0 unspecified atom stereocenters. The zero-order valence-corrected chi connectivity index (χ0v) is 20.8. The zero-order chi connectivity index (χ0) is 25.2. The number of alkyl halides is 3. The van der Waals surface area contributed by atoms with Crippen LogP contribution in [0.25, 0.3) is 0 Å². The molecule has 1 fully saturated rings. The molecule has 6 nitrogen and oxygen atoms in total. The van der Waals surface area contributed by atoms with Crippen LogP contribution in [0.4, 0.5) is 18.3 Å². The van der Waals surface area contributed by atoms with Crippen molar-refractivity contribution in [1.82, 2.24) is 4.98 Å². The van der Waals surface area contributed by atoms with Crippen LogP contribution < -0.4 is 14.4 Å². The monoisotopic (exact) mass is 526 g/mol. The summed E-state index contributed by atoms with van der Waals surface area (Å²) >= 11 is 1.46. The van der Waals surface area contributed by atoms with E-state index in [0.717, 1.165) is 28.5 Å². The highest BCUT2D eigenvalue weighted by Gasteiger charge is 2.40. The van der Waals surface area contributed by atoms with Gasteiger partial charge < -0.3 is 14.4 Å². The average Bonchev–Trinajstić information content (AvgIpc) is 3.31. The lowest BCUT2D eigenvalue weighted by Crippen LogP contribution is -2.39. The first kappa shape index (κ1) is 25.3. The van der Waals surface area contributed by atoms with Crippen LogP contribution in [0, 0.1) is 0 Å². The van der Waals surface area contributed by atoms with Gasteiger partial charge in [0.05, 0.1) is 35.6 Å². The Hall–Kier alpha value is -2.79. The number of hydrogen-bond acceptors (Lipinski definition) is 7. The van der Waals surface area contributed by atoms with Crippen LogP contribution in [0.15, 0.2) is 52.7 Å². The van der Waals surface area contributed by atoms with Gasteiger partial charge in [-0.25, -0.2) is 13.4 Å². The second kappa shape index (κ2) is 10.1. The van der Waals surface area contributed by atoms with Gasteiger partial charge in [-0.2, -0.15) is 13.2 Å². The summed E-state index contributed by atoms with van der Waals surface area (Å²) in [6.07, 6.45) is -3.69. The lowest BCUT2D eigenvalue weighted by molar-refractivity contribution is -0.139. The fourth-order valence-electron chi connectivity index (χ4n) is 4.19. The first-order chi connectivity index (χ1) is 16.6. The van der Waals surface area contributed by atoms with Crippen LogP contribution in [0.2, 0.25) is 0 Å². The number of rotatable bonds is 7. The number of methoxy groups -OCH3 is 2. The molecule has 188 valence electrons. The molecule has 2 aromatic carbocycles. The van der Waals surface area contributed by atoms with Crippen molar-refractivity contribution in [3.05, 3.63) is 64.7 Å². The summed E-state index contributed by atoms with van der Waals surface area (Å²) in [5, 5.41) is 1.84. The van der Waals surface area contributed by atoms with Gasteiger partial charge in [0.25, 0.3) is 0 Å². The SMILES string of the molecule is COc1cc(Cc2csc(N3CCC(S(=O)(=O)c4ccccc4C(F)(F)F)CC3)n2)cc(OC)c1. The van der Waals surface area contributed by atoms with Crippen LogP contribution >= 0.6 is 11.3 Å². The van der Waals surface area contributed by atoms with Crippen LogP contribution in [-0.2, 0) is 22.4 Å². The average molecular weight is 527 g/mol. The predicted octanol–water partition coefficient (Wildman–Crippen LogP) is 5.21. The Morgan fingerprint density at radius 1 is 1.06 bits per heavy atom. The Labute approximate surface area is 206 Å². The molecule has 3 aromatic rings. The van der Waals surface area contributed by atoms with Gasteiger partial charge in [-0.15, -0.1) is 11.3 Å². The lowest BCUT2D eigenvalue weighted by atomic mass is 10.1. The maximum Gasteiger partial charge on any atom is 0.417 e. The summed E-state index contributed by atoms with van der Waals surface area (Å²) in [6, 6.07) is 10.0. The number of piperidine rings is 1. The Balaban J connectivity index is 1.44. The van der Waals surface area contributed by atoms with E-state index in [-0.39, 0.29) is 12.8 Å². The fourth-order valence-corrected chi connectivity index (χ4v) is 7.01. The summed E-state index contributed by atoms with van der Waals surface area (Å²) in [7, 11) is -0.941. The molecule has 1 saturated heterocycles. The van der Waals surface area contributed by atoms with Crippen molar-refractivity contribution in [2.75, 3.05) is 32.2 Å². The minimum absolute atomic E-state index is 0.233. The van der Waals surface area contributed by atoms with E-state index < -0.39 is 31.7 Å². The van der Waals surface area contributed by atoms with Crippen LogP contribution in [0.3, 0.4) is 0 Å². The van der Waals surface area contributed by atoms with E-state index in [1.54, 1.807) is 20.3 Å². The van der Waals surface area contributed by atoms with Gasteiger partial charge in [0, 0.05) is 31.0 Å². The molecule has 0 spiro atoms. The molecule has 0 aliphatic carbocycles. The van der Waals surface area contributed by atoms with Crippen molar-refractivity contribution in [3.8, 4) is 11.5 Å². The molecular weight excluding hydrogens is 501 g/mol. The molecule has 0 amide bonds. The van der Waals surface area contributed by atoms with Gasteiger partial charge >= 0.3 is 6.18 Å². The van der Waals surface area contributed by atoms with E-state index in [9.17, 15) is 21.6 Å². The molecule has 11 heteroatoms. The standard InChI is InChI=1S/C24H25F3N2O4S2/c1-32-18-12-16(13-19(14-18)33-2)11-17-15-34-23(28-17)29-9-7-20(8-10-29)35(30,31)22-6-4-3-5-21(22)24(25,26)27/h3-6,12-15,20H,7-11H2,1-2H3. The van der Waals surface area contributed by atoms with Crippen molar-refractivity contribution in [2.45, 2.75) is 35.6 Å². The molecule has 0 N–H and O–H groups in total. The van der Waals surface area contributed by atoms with Crippen molar-refractivity contribution >= 4 is 26.3 Å². The second-order valence-corrected chi connectivity index (χ2v) is 11.3. The molecular formula is C24H25F3N2O4S2. The van der Waals surface area contributed by atoms with E-state index in [1.807, 2.05) is 22.4 Å². The summed E-state index contributed by atoms with van der Waals surface area (Å²) in [5.74, 6) is 1.37. The Kier molecular flexibility index (Phi) is 7.27. The van der Waals surface area contributed by atoms with Gasteiger partial charge in [0.15, 0.2) is 15.0 Å². The number of aromatic nitrogens is 1. The van der Waals surface area contributed by atoms with Gasteiger partial charge in [-0.05, 0) is 42.7 Å². The van der Waals surface area contributed by atoms with E-state index in [0.29, 0.717) is 31.0 Å². The van der Waals surface area contributed by atoms with Gasteiger partial charge in [-0.1, -0.05) is 12.1 Å². The first-order valence-corrected chi connectivity index (χ1v) is 13.4. The van der Waals surface area contributed by atoms with Crippen molar-refractivity contribution in [1.29, 1.82) is 0 Å². The summed E-state index contributed by atoms with van der Waals surface area (Å²) < 4.78 is 76.9. The molecule has 0 saturated carbocycles. The minimum Gasteiger partial charge on any atom is -0.497 e. The normalized spacial score (nSPS) is 15.3. The number of hydrogen-bond donors (Lipinski definition) is 0. The second-order valence-electron chi connectivity index (χ2n) is 8.24. The number of benzene rings is 2. The summed E-state index contributed by atoms with van der Waals surface area (Å²) in [6.45, 7) is 0.802. The third-order valence-corrected chi connectivity index (χ3v) is 9.25. The molecule has 1 aromatic heterocycles. The Bertz CT molecular complexity index is 1260. The van der Waals surface area contributed by atoms with Gasteiger partial charge in [0.1, 0.15) is 11.5 Å². The van der Waals surface area contributed by atoms with E-state index >= 15 is 0 Å². The largest absolute Gasteiger partial charge is 0.497 e. The predicted molar refractivity (Wildman–Crippen MR) is 128 cm³/mol. The summed E-state index contributed by atoms with van der Waals surface area (Å²) in [4.78, 5) is 6.04.